The summed E-state index contributed by atoms with van der Waals surface area (Å²) in [5.74, 6) is -1.18. The summed E-state index contributed by atoms with van der Waals surface area (Å²) in [6.45, 7) is 0. The van der Waals surface area contributed by atoms with E-state index in [0.29, 0.717) is 0 Å². The second-order valence-electron chi connectivity index (χ2n) is 6.23. The Balaban J connectivity index is 1.72. The summed E-state index contributed by atoms with van der Waals surface area (Å²) in [6, 6.07) is 10.8. The number of amides is 1. The standard InChI is InChI=1S/C20H21NO4/c1-25-20(24)16-7-4-8-17(19(16)23)21-18(22)12-13-9-10-14-5-2-3-6-15(14)11-13/h4,7-11,23H,2-3,5-6,12H2,1H3,(H,21,22). The number of methoxy groups -OCH3 is 1. The fourth-order valence-electron chi connectivity index (χ4n) is 3.20. The molecule has 0 aromatic heterocycles. The van der Waals surface area contributed by atoms with Crippen molar-refractivity contribution in [1.29, 1.82) is 0 Å². The van der Waals surface area contributed by atoms with Gasteiger partial charge in [-0.15, -0.1) is 0 Å². The van der Waals surface area contributed by atoms with Gasteiger partial charge in [-0.2, -0.15) is 0 Å². The molecule has 2 aromatic rings. The van der Waals surface area contributed by atoms with Crippen LogP contribution in [0.3, 0.4) is 0 Å². The maximum Gasteiger partial charge on any atom is 0.341 e. The van der Waals surface area contributed by atoms with Crippen LogP contribution in [0.2, 0.25) is 0 Å². The molecule has 0 atom stereocenters. The number of carbonyl (C=O) groups is 2. The van der Waals surface area contributed by atoms with Gasteiger partial charge in [0.2, 0.25) is 5.91 Å². The number of anilines is 1. The number of fused-ring (bicyclic) bond motifs is 1. The molecule has 0 spiro atoms. The van der Waals surface area contributed by atoms with E-state index < -0.39 is 5.97 Å². The maximum atomic E-state index is 12.3. The number of phenolic OH excluding ortho intramolecular Hbond substituents is 1. The fourth-order valence-corrected chi connectivity index (χ4v) is 3.20. The zero-order valence-corrected chi connectivity index (χ0v) is 14.2. The van der Waals surface area contributed by atoms with Gasteiger partial charge in [-0.05, 0) is 54.5 Å². The van der Waals surface area contributed by atoms with Crippen molar-refractivity contribution in [1.82, 2.24) is 0 Å². The molecule has 5 heteroatoms. The summed E-state index contributed by atoms with van der Waals surface area (Å²) in [6.07, 6.45) is 4.80. The lowest BCUT2D eigenvalue weighted by atomic mass is 9.90. The van der Waals surface area contributed by atoms with E-state index in [1.54, 1.807) is 12.1 Å². The highest BCUT2D eigenvalue weighted by Crippen LogP contribution is 2.28. The van der Waals surface area contributed by atoms with Crippen LogP contribution in [-0.4, -0.2) is 24.1 Å². The van der Waals surface area contributed by atoms with E-state index in [-0.39, 0.29) is 29.3 Å². The van der Waals surface area contributed by atoms with Crippen molar-refractivity contribution in [2.24, 2.45) is 0 Å². The summed E-state index contributed by atoms with van der Waals surface area (Å²) < 4.78 is 4.61. The number of aromatic hydroxyl groups is 1. The summed E-state index contributed by atoms with van der Waals surface area (Å²) in [7, 11) is 1.24. The maximum absolute atomic E-state index is 12.3. The predicted octanol–water partition coefficient (Wildman–Crippen LogP) is 3.24. The van der Waals surface area contributed by atoms with Crippen LogP contribution >= 0.6 is 0 Å². The molecule has 1 aliphatic carbocycles. The topological polar surface area (TPSA) is 75.6 Å². The Hall–Kier alpha value is -2.82. The monoisotopic (exact) mass is 339 g/mol. The molecule has 2 aromatic carbocycles. The molecule has 0 radical (unpaired) electrons. The third-order valence-corrected chi connectivity index (χ3v) is 4.49. The lowest BCUT2D eigenvalue weighted by Gasteiger charge is -2.16. The van der Waals surface area contributed by atoms with Gasteiger partial charge in [-0.25, -0.2) is 4.79 Å². The minimum absolute atomic E-state index is 0.0223. The van der Waals surface area contributed by atoms with Crippen LogP contribution in [0.25, 0.3) is 0 Å². The Morgan fingerprint density at radius 3 is 2.64 bits per heavy atom. The van der Waals surface area contributed by atoms with Crippen molar-refractivity contribution in [3.8, 4) is 5.75 Å². The Morgan fingerprint density at radius 1 is 1.12 bits per heavy atom. The lowest BCUT2D eigenvalue weighted by Crippen LogP contribution is -2.16. The van der Waals surface area contributed by atoms with Gasteiger partial charge in [-0.1, -0.05) is 24.3 Å². The number of ether oxygens (including phenoxy) is 1. The molecular formula is C20H21NO4. The molecule has 1 aliphatic rings. The fraction of sp³-hybridized carbons (Fsp3) is 0.300. The number of esters is 1. The minimum Gasteiger partial charge on any atom is -0.505 e. The summed E-state index contributed by atoms with van der Waals surface area (Å²) in [5.41, 5.74) is 3.87. The zero-order chi connectivity index (χ0) is 17.8. The molecule has 3 rings (SSSR count). The first-order chi connectivity index (χ1) is 12.1. The van der Waals surface area contributed by atoms with Crippen LogP contribution in [0.15, 0.2) is 36.4 Å². The second kappa shape index (κ2) is 7.38. The highest BCUT2D eigenvalue weighted by molar-refractivity contribution is 5.99. The van der Waals surface area contributed by atoms with Crippen molar-refractivity contribution in [2.45, 2.75) is 32.1 Å². The largest absolute Gasteiger partial charge is 0.505 e. The molecule has 0 saturated heterocycles. The van der Waals surface area contributed by atoms with E-state index in [9.17, 15) is 14.7 Å². The number of nitrogens with one attached hydrogen (secondary N) is 1. The molecule has 0 heterocycles. The first-order valence-corrected chi connectivity index (χ1v) is 8.39. The van der Waals surface area contributed by atoms with Crippen molar-refractivity contribution in [3.05, 3.63) is 58.7 Å². The molecular weight excluding hydrogens is 318 g/mol. The molecule has 0 fully saturated rings. The van der Waals surface area contributed by atoms with Crippen molar-refractivity contribution in [2.75, 3.05) is 12.4 Å². The molecule has 5 nitrogen and oxygen atoms in total. The third kappa shape index (κ3) is 3.82. The van der Waals surface area contributed by atoms with Crippen molar-refractivity contribution < 1.29 is 19.4 Å². The molecule has 0 aliphatic heterocycles. The van der Waals surface area contributed by atoms with E-state index in [1.807, 2.05) is 6.07 Å². The number of hydrogen-bond donors (Lipinski definition) is 2. The highest BCUT2D eigenvalue weighted by Gasteiger charge is 2.16. The van der Waals surface area contributed by atoms with Gasteiger partial charge >= 0.3 is 5.97 Å². The van der Waals surface area contributed by atoms with E-state index in [2.05, 4.69) is 22.2 Å². The van der Waals surface area contributed by atoms with E-state index in [1.165, 1.54) is 37.1 Å². The minimum atomic E-state index is -0.650. The number of rotatable bonds is 4. The van der Waals surface area contributed by atoms with Crippen LogP contribution in [0.5, 0.6) is 5.75 Å². The quantitative estimate of drug-likeness (QED) is 0.662. The Kier molecular flexibility index (Phi) is 5.03. The number of aryl methyl sites for hydroxylation is 2. The van der Waals surface area contributed by atoms with Crippen LogP contribution in [0, 0.1) is 0 Å². The number of carbonyl (C=O) groups excluding carboxylic acids is 2. The van der Waals surface area contributed by atoms with E-state index in [0.717, 1.165) is 18.4 Å². The SMILES string of the molecule is COC(=O)c1cccc(NC(=O)Cc2ccc3c(c2)CCCC3)c1O. The zero-order valence-electron chi connectivity index (χ0n) is 14.2. The normalized spacial score (nSPS) is 13.0. The van der Waals surface area contributed by atoms with Crippen LogP contribution in [0.4, 0.5) is 5.69 Å². The van der Waals surface area contributed by atoms with Gasteiger partial charge in [0, 0.05) is 0 Å². The third-order valence-electron chi connectivity index (χ3n) is 4.49. The predicted molar refractivity (Wildman–Crippen MR) is 94.9 cm³/mol. The first kappa shape index (κ1) is 17.0. The molecule has 0 unspecified atom stereocenters. The van der Waals surface area contributed by atoms with Gasteiger partial charge < -0.3 is 15.2 Å². The van der Waals surface area contributed by atoms with E-state index >= 15 is 0 Å². The van der Waals surface area contributed by atoms with Gasteiger partial charge in [0.25, 0.3) is 0 Å². The molecule has 0 bridgehead atoms. The van der Waals surface area contributed by atoms with Gasteiger partial charge in [0.15, 0.2) is 5.75 Å². The van der Waals surface area contributed by atoms with Crippen molar-refractivity contribution in [3.63, 3.8) is 0 Å². The lowest BCUT2D eigenvalue weighted by molar-refractivity contribution is -0.115. The molecule has 0 saturated carbocycles. The van der Waals surface area contributed by atoms with Crippen LogP contribution in [0.1, 0.15) is 39.9 Å². The Morgan fingerprint density at radius 2 is 1.88 bits per heavy atom. The van der Waals surface area contributed by atoms with Crippen molar-refractivity contribution >= 4 is 17.6 Å². The molecule has 25 heavy (non-hydrogen) atoms. The van der Waals surface area contributed by atoms with Gasteiger partial charge in [0.05, 0.1) is 19.2 Å². The average molecular weight is 339 g/mol. The highest BCUT2D eigenvalue weighted by atomic mass is 16.5. The molecule has 1 amide bonds. The number of benzene rings is 2. The molecule has 2 N–H and O–H groups in total. The van der Waals surface area contributed by atoms with Crippen LogP contribution < -0.4 is 5.32 Å². The number of hydrogen-bond acceptors (Lipinski definition) is 4. The van der Waals surface area contributed by atoms with E-state index in [4.69, 9.17) is 0 Å². The number of para-hydroxylation sites is 1. The Bertz CT molecular complexity index is 813. The van der Waals surface area contributed by atoms with Gasteiger partial charge in [-0.3, -0.25) is 4.79 Å². The van der Waals surface area contributed by atoms with Gasteiger partial charge in [0.1, 0.15) is 5.56 Å². The Labute approximate surface area is 146 Å². The van der Waals surface area contributed by atoms with Crippen LogP contribution in [-0.2, 0) is 28.8 Å². The average Bonchev–Trinajstić information content (AvgIpc) is 2.62. The number of phenols is 1. The summed E-state index contributed by atoms with van der Waals surface area (Å²) >= 11 is 0. The summed E-state index contributed by atoms with van der Waals surface area (Å²) in [5, 5.41) is 12.8. The summed E-state index contributed by atoms with van der Waals surface area (Å²) in [4.78, 5) is 23.9. The first-order valence-electron chi connectivity index (χ1n) is 8.39. The second-order valence-corrected chi connectivity index (χ2v) is 6.23. The smallest absolute Gasteiger partial charge is 0.341 e. The molecule has 130 valence electrons.